The number of ether oxygens (including phenoxy) is 1. The smallest absolute Gasteiger partial charge is 0.251 e. The lowest BCUT2D eigenvalue weighted by molar-refractivity contribution is 0.0869. The number of halogens is 1. The highest BCUT2D eigenvalue weighted by atomic mass is 35.5. The zero-order chi connectivity index (χ0) is 17.7. The van der Waals surface area contributed by atoms with Gasteiger partial charge in [0.25, 0.3) is 5.91 Å². The van der Waals surface area contributed by atoms with E-state index in [2.05, 4.69) is 5.32 Å². The lowest BCUT2D eigenvalue weighted by Crippen LogP contribution is -2.46. The lowest BCUT2D eigenvalue weighted by atomic mass is 10.1. The maximum atomic E-state index is 12.2. The SMILES string of the molecule is CC(C)(CO)NC(=O)c1cccc(Oc2cccc(Cl)c2C#N)c1. The Kier molecular flexibility index (Phi) is 5.45. The summed E-state index contributed by atoms with van der Waals surface area (Å²) in [6.07, 6.45) is 0. The van der Waals surface area contributed by atoms with Gasteiger partial charge in [0, 0.05) is 5.56 Å². The highest BCUT2D eigenvalue weighted by Gasteiger charge is 2.20. The predicted molar refractivity (Wildman–Crippen MR) is 91.3 cm³/mol. The van der Waals surface area contributed by atoms with Crippen LogP contribution in [0.5, 0.6) is 11.5 Å². The van der Waals surface area contributed by atoms with E-state index in [-0.39, 0.29) is 18.1 Å². The molecule has 0 aliphatic heterocycles. The normalized spacial score (nSPS) is 10.8. The Bertz CT molecular complexity index is 797. The van der Waals surface area contributed by atoms with Crippen molar-refractivity contribution in [3.63, 3.8) is 0 Å². The van der Waals surface area contributed by atoms with Gasteiger partial charge in [0.05, 0.1) is 17.2 Å². The second kappa shape index (κ2) is 7.35. The molecule has 24 heavy (non-hydrogen) atoms. The molecule has 0 radical (unpaired) electrons. The number of aliphatic hydroxyl groups is 1. The minimum Gasteiger partial charge on any atom is -0.456 e. The highest BCUT2D eigenvalue weighted by molar-refractivity contribution is 6.31. The number of hydrogen-bond donors (Lipinski definition) is 2. The zero-order valence-corrected chi connectivity index (χ0v) is 14.1. The van der Waals surface area contributed by atoms with E-state index in [9.17, 15) is 15.2 Å². The maximum absolute atomic E-state index is 12.2. The monoisotopic (exact) mass is 344 g/mol. The molecule has 2 rings (SSSR count). The van der Waals surface area contributed by atoms with Crippen molar-refractivity contribution in [2.45, 2.75) is 19.4 Å². The maximum Gasteiger partial charge on any atom is 0.251 e. The molecule has 0 spiro atoms. The van der Waals surface area contributed by atoms with Crippen molar-refractivity contribution >= 4 is 17.5 Å². The molecule has 2 aromatic rings. The summed E-state index contributed by atoms with van der Waals surface area (Å²) in [4.78, 5) is 12.2. The second-order valence-corrected chi connectivity index (χ2v) is 6.26. The summed E-state index contributed by atoms with van der Waals surface area (Å²) in [5, 5.41) is 21.4. The summed E-state index contributed by atoms with van der Waals surface area (Å²) in [6, 6.07) is 13.5. The first-order valence-corrected chi connectivity index (χ1v) is 7.64. The van der Waals surface area contributed by atoms with Crippen molar-refractivity contribution in [2.24, 2.45) is 0 Å². The summed E-state index contributed by atoms with van der Waals surface area (Å²) in [6.45, 7) is 3.26. The molecule has 0 saturated carbocycles. The first-order valence-electron chi connectivity index (χ1n) is 7.26. The van der Waals surface area contributed by atoms with E-state index in [1.165, 1.54) is 0 Å². The Morgan fingerprint density at radius 3 is 2.71 bits per heavy atom. The number of aliphatic hydroxyl groups excluding tert-OH is 1. The number of carbonyl (C=O) groups is 1. The molecular weight excluding hydrogens is 328 g/mol. The fourth-order valence-electron chi connectivity index (χ4n) is 1.94. The van der Waals surface area contributed by atoms with Crippen molar-refractivity contribution in [3.05, 3.63) is 58.6 Å². The van der Waals surface area contributed by atoms with Crippen LogP contribution in [0.15, 0.2) is 42.5 Å². The van der Waals surface area contributed by atoms with Gasteiger partial charge >= 0.3 is 0 Å². The molecule has 0 aliphatic rings. The van der Waals surface area contributed by atoms with Gasteiger partial charge in [-0.25, -0.2) is 0 Å². The number of nitrogens with zero attached hydrogens (tertiary/aromatic N) is 1. The van der Waals surface area contributed by atoms with E-state index in [0.29, 0.717) is 22.1 Å². The zero-order valence-electron chi connectivity index (χ0n) is 13.3. The van der Waals surface area contributed by atoms with E-state index in [1.54, 1.807) is 56.3 Å². The highest BCUT2D eigenvalue weighted by Crippen LogP contribution is 2.30. The van der Waals surface area contributed by atoms with Gasteiger partial charge in [-0.05, 0) is 44.2 Å². The first kappa shape index (κ1) is 17.8. The van der Waals surface area contributed by atoms with Crippen LogP contribution in [-0.2, 0) is 0 Å². The second-order valence-electron chi connectivity index (χ2n) is 5.85. The molecule has 0 unspecified atom stereocenters. The minimum absolute atomic E-state index is 0.178. The lowest BCUT2D eigenvalue weighted by Gasteiger charge is -2.23. The summed E-state index contributed by atoms with van der Waals surface area (Å²) in [5.41, 5.74) is -0.112. The molecule has 0 aromatic heterocycles. The summed E-state index contributed by atoms with van der Waals surface area (Å²) in [7, 11) is 0. The fraction of sp³-hybridized carbons (Fsp3) is 0.222. The average molecular weight is 345 g/mol. The summed E-state index contributed by atoms with van der Waals surface area (Å²) < 4.78 is 5.69. The Balaban J connectivity index is 2.25. The molecule has 6 heteroatoms. The van der Waals surface area contributed by atoms with Crippen LogP contribution in [0.2, 0.25) is 5.02 Å². The molecule has 0 atom stereocenters. The molecule has 0 heterocycles. The van der Waals surface area contributed by atoms with Gasteiger partial charge in [-0.15, -0.1) is 0 Å². The number of benzene rings is 2. The largest absolute Gasteiger partial charge is 0.456 e. The van der Waals surface area contributed by atoms with Gasteiger partial charge in [-0.3, -0.25) is 4.79 Å². The molecule has 5 nitrogen and oxygen atoms in total. The number of hydrogen-bond acceptors (Lipinski definition) is 4. The molecule has 124 valence electrons. The van der Waals surface area contributed by atoms with Crippen LogP contribution in [0, 0.1) is 11.3 Å². The third kappa shape index (κ3) is 4.25. The van der Waals surface area contributed by atoms with Crippen LogP contribution >= 0.6 is 11.6 Å². The van der Waals surface area contributed by atoms with E-state index in [4.69, 9.17) is 16.3 Å². The van der Waals surface area contributed by atoms with E-state index in [1.807, 2.05) is 6.07 Å². The van der Waals surface area contributed by atoms with E-state index in [0.717, 1.165) is 0 Å². The van der Waals surface area contributed by atoms with E-state index >= 15 is 0 Å². The standard InChI is InChI=1S/C18H17ClN2O3/c1-18(2,11-22)21-17(23)12-5-3-6-13(9-12)24-16-8-4-7-15(19)14(16)10-20/h3-9,22H,11H2,1-2H3,(H,21,23). The third-order valence-electron chi connectivity index (χ3n) is 3.26. The molecule has 0 aliphatic carbocycles. The van der Waals surface area contributed by atoms with Crippen LogP contribution in [0.3, 0.4) is 0 Å². The Labute approximate surface area is 145 Å². The summed E-state index contributed by atoms with van der Waals surface area (Å²) in [5.74, 6) is 0.396. The third-order valence-corrected chi connectivity index (χ3v) is 3.57. The van der Waals surface area contributed by atoms with Crippen LogP contribution in [-0.4, -0.2) is 23.2 Å². The van der Waals surface area contributed by atoms with E-state index < -0.39 is 5.54 Å². The molecule has 0 fully saturated rings. The number of carbonyl (C=O) groups excluding carboxylic acids is 1. The van der Waals surface area contributed by atoms with Crippen LogP contribution < -0.4 is 10.1 Å². The quantitative estimate of drug-likeness (QED) is 0.869. The van der Waals surface area contributed by atoms with Crippen LogP contribution in [0.1, 0.15) is 29.8 Å². The van der Waals surface area contributed by atoms with Crippen molar-refractivity contribution in [1.29, 1.82) is 5.26 Å². The Hall–Kier alpha value is -2.55. The van der Waals surface area contributed by atoms with Gasteiger partial charge in [0.15, 0.2) is 0 Å². The number of amides is 1. The molecule has 0 bridgehead atoms. The Morgan fingerprint density at radius 2 is 2.04 bits per heavy atom. The fourth-order valence-corrected chi connectivity index (χ4v) is 2.15. The summed E-state index contributed by atoms with van der Waals surface area (Å²) >= 11 is 5.98. The first-order chi connectivity index (χ1) is 11.4. The topological polar surface area (TPSA) is 82.3 Å². The predicted octanol–water partition coefficient (Wildman–Crippen LogP) is 3.50. The number of nitrogens with one attached hydrogen (secondary N) is 1. The van der Waals surface area contributed by atoms with Gasteiger partial charge in [0.1, 0.15) is 23.1 Å². The van der Waals surface area contributed by atoms with Gasteiger partial charge < -0.3 is 15.2 Å². The number of rotatable bonds is 5. The minimum atomic E-state index is -0.727. The average Bonchev–Trinajstić information content (AvgIpc) is 2.55. The molecule has 0 saturated heterocycles. The van der Waals surface area contributed by atoms with Gasteiger partial charge in [-0.1, -0.05) is 23.7 Å². The van der Waals surface area contributed by atoms with Crippen molar-refractivity contribution in [3.8, 4) is 17.6 Å². The number of nitriles is 1. The Morgan fingerprint density at radius 1 is 1.33 bits per heavy atom. The van der Waals surface area contributed by atoms with Gasteiger partial charge in [-0.2, -0.15) is 5.26 Å². The van der Waals surface area contributed by atoms with Gasteiger partial charge in [0.2, 0.25) is 0 Å². The van der Waals surface area contributed by atoms with Crippen molar-refractivity contribution < 1.29 is 14.6 Å². The molecule has 2 N–H and O–H groups in total. The van der Waals surface area contributed by atoms with Crippen molar-refractivity contribution in [2.75, 3.05) is 6.61 Å². The van der Waals surface area contributed by atoms with Crippen LogP contribution in [0.4, 0.5) is 0 Å². The molecule has 2 aromatic carbocycles. The van der Waals surface area contributed by atoms with Crippen LogP contribution in [0.25, 0.3) is 0 Å². The molecular formula is C18H17ClN2O3. The molecule has 1 amide bonds. The van der Waals surface area contributed by atoms with Crippen molar-refractivity contribution in [1.82, 2.24) is 5.32 Å².